The molecule has 1 N–H and O–H groups in total. The number of thiophene rings is 1. The summed E-state index contributed by atoms with van der Waals surface area (Å²) in [6.45, 7) is 9.35. The van der Waals surface area contributed by atoms with Gasteiger partial charge in [-0.2, -0.15) is 0 Å². The van der Waals surface area contributed by atoms with E-state index in [2.05, 4.69) is 10.4 Å². The molecule has 1 amide bonds. The van der Waals surface area contributed by atoms with E-state index in [0.717, 1.165) is 21.4 Å². The number of nitrogens with zero attached hydrogens (tertiary/aromatic N) is 2. The summed E-state index contributed by atoms with van der Waals surface area (Å²) in [4.78, 5) is 19.6. The molecule has 0 bridgehead atoms. The second kappa shape index (κ2) is 6.11. The highest BCUT2D eigenvalue weighted by Gasteiger charge is 2.40. The van der Waals surface area contributed by atoms with Crippen LogP contribution in [0.4, 0.5) is 4.79 Å². The van der Waals surface area contributed by atoms with Gasteiger partial charge in [-0.3, -0.25) is 4.90 Å². The van der Waals surface area contributed by atoms with E-state index in [0.29, 0.717) is 6.54 Å². The van der Waals surface area contributed by atoms with Crippen LogP contribution in [0.3, 0.4) is 0 Å². The number of carbonyl (C=O) groups excluding carboxylic acids is 1. The quantitative estimate of drug-likeness (QED) is 0.877. The van der Waals surface area contributed by atoms with E-state index >= 15 is 0 Å². The molecule has 0 saturated heterocycles. The minimum atomic E-state index is -1.07. The molecule has 3 rings (SSSR count). The predicted octanol–water partition coefficient (Wildman–Crippen LogP) is 4.07. The molecule has 0 spiro atoms. The SMILES string of the molecule is CC(C)(C)OC(=O)N1CC(c2csc3ncccc23)=CC1C(C)(C)O. The van der Waals surface area contributed by atoms with Gasteiger partial charge in [0.15, 0.2) is 0 Å². The number of hydrogen-bond donors (Lipinski definition) is 1. The van der Waals surface area contributed by atoms with Gasteiger partial charge in [0.2, 0.25) is 0 Å². The number of amides is 1. The van der Waals surface area contributed by atoms with Gasteiger partial charge in [-0.1, -0.05) is 6.08 Å². The number of aliphatic hydroxyl groups is 1. The van der Waals surface area contributed by atoms with Crippen molar-refractivity contribution in [2.24, 2.45) is 0 Å². The van der Waals surface area contributed by atoms with Crippen LogP contribution in [-0.4, -0.2) is 44.9 Å². The average Bonchev–Trinajstić information content (AvgIpc) is 3.08. The first kappa shape index (κ1) is 17.9. The maximum absolute atomic E-state index is 12.6. The molecule has 0 aliphatic carbocycles. The Bertz CT molecular complexity index is 827. The fourth-order valence-corrected chi connectivity index (χ4v) is 3.93. The molecule has 25 heavy (non-hydrogen) atoms. The first-order chi connectivity index (χ1) is 11.6. The summed E-state index contributed by atoms with van der Waals surface area (Å²) in [5.41, 5.74) is 0.428. The van der Waals surface area contributed by atoms with Crippen LogP contribution in [0, 0.1) is 0 Å². The molecule has 1 unspecified atom stereocenters. The van der Waals surface area contributed by atoms with Crippen molar-refractivity contribution in [1.29, 1.82) is 0 Å². The van der Waals surface area contributed by atoms with E-state index in [-0.39, 0.29) is 0 Å². The lowest BCUT2D eigenvalue weighted by Crippen LogP contribution is -2.49. The Morgan fingerprint density at radius 3 is 2.72 bits per heavy atom. The third kappa shape index (κ3) is 3.70. The van der Waals surface area contributed by atoms with E-state index in [9.17, 15) is 9.90 Å². The van der Waals surface area contributed by atoms with Gasteiger partial charge in [-0.05, 0) is 57.9 Å². The summed E-state index contributed by atoms with van der Waals surface area (Å²) in [5, 5.41) is 13.7. The second-order valence-corrected chi connectivity index (χ2v) is 8.76. The van der Waals surface area contributed by atoms with Gasteiger partial charge in [0, 0.05) is 17.0 Å². The maximum Gasteiger partial charge on any atom is 0.411 e. The minimum absolute atomic E-state index is 0.407. The maximum atomic E-state index is 12.6. The van der Waals surface area contributed by atoms with Crippen LogP contribution < -0.4 is 0 Å². The van der Waals surface area contributed by atoms with E-state index in [4.69, 9.17) is 4.74 Å². The summed E-state index contributed by atoms with van der Waals surface area (Å²) in [7, 11) is 0. The number of aromatic nitrogens is 1. The fourth-order valence-electron chi connectivity index (χ4n) is 2.99. The molecule has 0 saturated carbocycles. The number of hydrogen-bond acceptors (Lipinski definition) is 5. The standard InChI is InChI=1S/C19H24N2O3S/c1-18(2,3)24-17(22)21-10-12(9-15(21)19(4,5)23)14-11-25-16-13(14)7-6-8-20-16/h6-9,11,15,23H,10H2,1-5H3. The molecule has 3 heterocycles. The van der Waals surface area contributed by atoms with Crippen molar-refractivity contribution in [2.45, 2.75) is 51.9 Å². The molecular formula is C19H24N2O3S. The van der Waals surface area contributed by atoms with Crippen LogP contribution in [-0.2, 0) is 4.74 Å². The molecular weight excluding hydrogens is 336 g/mol. The number of fused-ring (bicyclic) bond motifs is 1. The minimum Gasteiger partial charge on any atom is -0.444 e. The summed E-state index contributed by atoms with van der Waals surface area (Å²) >= 11 is 1.58. The summed E-state index contributed by atoms with van der Waals surface area (Å²) < 4.78 is 5.53. The molecule has 1 atom stereocenters. The number of carbonyl (C=O) groups is 1. The Morgan fingerprint density at radius 1 is 1.36 bits per heavy atom. The van der Waals surface area contributed by atoms with Gasteiger partial charge in [0.05, 0.1) is 18.2 Å². The number of ether oxygens (including phenoxy) is 1. The third-order valence-corrected chi connectivity index (χ3v) is 4.99. The summed E-state index contributed by atoms with van der Waals surface area (Å²) in [6.07, 6.45) is 3.33. The number of pyridine rings is 1. The first-order valence-electron chi connectivity index (χ1n) is 8.31. The normalized spacial score (nSPS) is 18.6. The van der Waals surface area contributed by atoms with E-state index in [1.165, 1.54) is 0 Å². The molecule has 6 heteroatoms. The van der Waals surface area contributed by atoms with Crippen molar-refractivity contribution >= 4 is 33.2 Å². The highest BCUT2D eigenvalue weighted by Crippen LogP contribution is 2.36. The zero-order valence-corrected chi connectivity index (χ0v) is 16.1. The van der Waals surface area contributed by atoms with Crippen molar-refractivity contribution in [1.82, 2.24) is 9.88 Å². The van der Waals surface area contributed by atoms with Gasteiger partial charge >= 0.3 is 6.09 Å². The van der Waals surface area contributed by atoms with Crippen molar-refractivity contribution in [2.75, 3.05) is 6.54 Å². The molecule has 2 aromatic rings. The van der Waals surface area contributed by atoms with Crippen LogP contribution in [0.25, 0.3) is 15.8 Å². The van der Waals surface area contributed by atoms with Crippen LogP contribution in [0.1, 0.15) is 40.2 Å². The van der Waals surface area contributed by atoms with Crippen molar-refractivity contribution < 1.29 is 14.6 Å². The zero-order chi connectivity index (χ0) is 18.4. The van der Waals surface area contributed by atoms with Crippen molar-refractivity contribution in [3.8, 4) is 0 Å². The Labute approximate surface area is 151 Å². The Hall–Kier alpha value is -1.92. The van der Waals surface area contributed by atoms with Crippen LogP contribution >= 0.6 is 11.3 Å². The highest BCUT2D eigenvalue weighted by atomic mass is 32.1. The van der Waals surface area contributed by atoms with Gasteiger partial charge in [0.1, 0.15) is 10.4 Å². The lowest BCUT2D eigenvalue weighted by atomic mass is 9.97. The van der Waals surface area contributed by atoms with Crippen molar-refractivity contribution in [3.63, 3.8) is 0 Å². The van der Waals surface area contributed by atoms with E-state index in [1.54, 1.807) is 36.3 Å². The summed E-state index contributed by atoms with van der Waals surface area (Å²) in [5.74, 6) is 0. The third-order valence-electron chi connectivity index (χ3n) is 4.08. The topological polar surface area (TPSA) is 62.7 Å². The molecule has 2 aromatic heterocycles. The van der Waals surface area contributed by atoms with Crippen LogP contribution in [0.15, 0.2) is 29.8 Å². The molecule has 0 radical (unpaired) electrons. The molecule has 1 aliphatic rings. The Balaban J connectivity index is 1.96. The number of rotatable bonds is 2. The largest absolute Gasteiger partial charge is 0.444 e. The second-order valence-electron chi connectivity index (χ2n) is 7.90. The zero-order valence-electron chi connectivity index (χ0n) is 15.2. The fraction of sp³-hybridized carbons (Fsp3) is 0.474. The highest BCUT2D eigenvalue weighted by molar-refractivity contribution is 7.17. The van der Waals surface area contributed by atoms with Gasteiger partial charge < -0.3 is 9.84 Å². The van der Waals surface area contributed by atoms with Crippen LogP contribution in [0.5, 0.6) is 0 Å². The Morgan fingerprint density at radius 2 is 2.08 bits per heavy atom. The van der Waals surface area contributed by atoms with Gasteiger partial charge in [-0.25, -0.2) is 9.78 Å². The van der Waals surface area contributed by atoms with E-state index < -0.39 is 23.3 Å². The monoisotopic (exact) mass is 360 g/mol. The molecule has 0 fully saturated rings. The Kier molecular flexibility index (Phi) is 4.37. The van der Waals surface area contributed by atoms with E-state index in [1.807, 2.05) is 39.0 Å². The van der Waals surface area contributed by atoms with Crippen LogP contribution in [0.2, 0.25) is 0 Å². The molecule has 5 nitrogen and oxygen atoms in total. The molecule has 0 aromatic carbocycles. The average molecular weight is 360 g/mol. The van der Waals surface area contributed by atoms with Gasteiger partial charge in [-0.15, -0.1) is 11.3 Å². The van der Waals surface area contributed by atoms with Gasteiger partial charge in [0.25, 0.3) is 0 Å². The first-order valence-corrected chi connectivity index (χ1v) is 9.19. The lowest BCUT2D eigenvalue weighted by Gasteiger charge is -2.34. The summed E-state index contributed by atoms with van der Waals surface area (Å²) in [6, 6.07) is 3.50. The predicted molar refractivity (Wildman–Crippen MR) is 101 cm³/mol. The van der Waals surface area contributed by atoms with Crippen molar-refractivity contribution in [3.05, 3.63) is 35.3 Å². The molecule has 1 aliphatic heterocycles. The lowest BCUT2D eigenvalue weighted by molar-refractivity contribution is -0.0158. The smallest absolute Gasteiger partial charge is 0.411 e. The molecule has 134 valence electrons.